The van der Waals surface area contributed by atoms with E-state index in [0.717, 1.165) is 24.2 Å². The molecule has 0 saturated carbocycles. The minimum absolute atomic E-state index is 0.196. The monoisotopic (exact) mass is 202 g/mol. The van der Waals surface area contributed by atoms with Crippen molar-refractivity contribution in [2.75, 3.05) is 18.2 Å². The minimum Gasteiger partial charge on any atom is -0.396 e. The molecule has 0 bridgehead atoms. The zero-order valence-corrected chi connectivity index (χ0v) is 8.50. The van der Waals surface area contributed by atoms with Crippen LogP contribution < -0.4 is 5.01 Å². The van der Waals surface area contributed by atoms with Gasteiger partial charge >= 0.3 is 0 Å². The molecule has 2 rings (SSSR count). The molecule has 1 N–H and O–H groups in total. The lowest BCUT2D eigenvalue weighted by Gasteiger charge is -2.19. The Hall–Kier alpha value is -1.61. The zero-order chi connectivity index (χ0) is 10.5. The van der Waals surface area contributed by atoms with Crippen molar-refractivity contribution in [2.45, 2.75) is 6.42 Å². The van der Waals surface area contributed by atoms with Gasteiger partial charge in [0.05, 0.1) is 5.69 Å². The maximum Gasteiger partial charge on any atom is 0.0666 e. The van der Waals surface area contributed by atoms with Gasteiger partial charge in [0.1, 0.15) is 0 Å². The molecule has 1 aromatic carbocycles. The molecule has 0 unspecified atom stereocenters. The molecule has 78 valence electrons. The fourth-order valence-corrected chi connectivity index (χ4v) is 1.59. The first-order valence-corrected chi connectivity index (χ1v) is 5.10. The molecule has 1 aliphatic rings. The van der Waals surface area contributed by atoms with Crippen LogP contribution in [0, 0.1) is 0 Å². The van der Waals surface area contributed by atoms with Crippen molar-refractivity contribution in [3.63, 3.8) is 0 Å². The number of anilines is 1. The maximum atomic E-state index is 8.82. The number of benzene rings is 1. The molecule has 1 aromatic rings. The summed E-state index contributed by atoms with van der Waals surface area (Å²) in [5.41, 5.74) is 2.25. The highest BCUT2D eigenvalue weighted by Gasteiger charge is 2.08. The van der Waals surface area contributed by atoms with Gasteiger partial charge in [0.15, 0.2) is 0 Å². The minimum atomic E-state index is 0.196. The average Bonchev–Trinajstić information content (AvgIpc) is 2.49. The number of hydrogen-bond acceptors (Lipinski definition) is 3. The van der Waals surface area contributed by atoms with Crippen LogP contribution >= 0.6 is 0 Å². The summed E-state index contributed by atoms with van der Waals surface area (Å²) in [7, 11) is 0. The van der Waals surface area contributed by atoms with Crippen LogP contribution in [-0.2, 0) is 0 Å². The third-order valence-corrected chi connectivity index (χ3v) is 2.31. The van der Waals surface area contributed by atoms with Crippen LogP contribution in [0.2, 0.25) is 0 Å². The number of aliphatic hydroxyl groups excluding tert-OH is 1. The highest BCUT2D eigenvalue weighted by Crippen LogP contribution is 2.23. The Morgan fingerprint density at radius 2 is 2.13 bits per heavy atom. The van der Waals surface area contributed by atoms with Crippen molar-refractivity contribution in [2.24, 2.45) is 5.10 Å². The van der Waals surface area contributed by atoms with Crippen molar-refractivity contribution in [3.8, 4) is 0 Å². The summed E-state index contributed by atoms with van der Waals surface area (Å²) in [5, 5.41) is 15.1. The van der Waals surface area contributed by atoms with Crippen LogP contribution in [0.15, 0.2) is 35.4 Å². The zero-order valence-electron chi connectivity index (χ0n) is 8.50. The average molecular weight is 202 g/mol. The molecule has 0 aromatic heterocycles. The second-order valence-electron chi connectivity index (χ2n) is 3.38. The van der Waals surface area contributed by atoms with Gasteiger partial charge in [-0.25, -0.2) is 0 Å². The third-order valence-electron chi connectivity index (χ3n) is 2.31. The van der Waals surface area contributed by atoms with Gasteiger partial charge in [0.2, 0.25) is 0 Å². The van der Waals surface area contributed by atoms with E-state index in [1.165, 1.54) is 0 Å². The largest absolute Gasteiger partial charge is 0.396 e. The van der Waals surface area contributed by atoms with Crippen molar-refractivity contribution >= 4 is 18.0 Å². The predicted molar refractivity (Wildman–Crippen MR) is 63.0 cm³/mol. The maximum absolute atomic E-state index is 8.82. The topological polar surface area (TPSA) is 35.8 Å². The Morgan fingerprint density at radius 1 is 1.27 bits per heavy atom. The first-order chi connectivity index (χ1) is 7.42. The van der Waals surface area contributed by atoms with Crippen molar-refractivity contribution in [1.82, 2.24) is 0 Å². The normalized spacial score (nSPS) is 13.8. The molecule has 3 nitrogen and oxygen atoms in total. The van der Waals surface area contributed by atoms with Gasteiger partial charge in [0, 0.05) is 19.4 Å². The van der Waals surface area contributed by atoms with Crippen LogP contribution in [0.5, 0.6) is 0 Å². The van der Waals surface area contributed by atoms with Gasteiger partial charge in [-0.3, -0.25) is 5.01 Å². The van der Waals surface area contributed by atoms with Crippen molar-refractivity contribution in [3.05, 3.63) is 35.9 Å². The summed E-state index contributed by atoms with van der Waals surface area (Å²) in [6.07, 6.45) is 6.47. The lowest BCUT2D eigenvalue weighted by Crippen LogP contribution is -2.19. The Balaban J connectivity index is 2.27. The molecular weight excluding hydrogens is 188 g/mol. The van der Waals surface area contributed by atoms with E-state index >= 15 is 0 Å². The van der Waals surface area contributed by atoms with Crippen LogP contribution in [0.1, 0.15) is 12.0 Å². The van der Waals surface area contributed by atoms with Crippen LogP contribution in [0.4, 0.5) is 5.69 Å². The summed E-state index contributed by atoms with van der Waals surface area (Å²) in [4.78, 5) is 0. The molecule has 1 aliphatic heterocycles. The molecule has 0 radical (unpaired) electrons. The van der Waals surface area contributed by atoms with E-state index in [4.69, 9.17) is 5.11 Å². The SMILES string of the molecule is OCCCN1N=CC=Cc2ccccc21. The molecule has 0 fully saturated rings. The summed E-state index contributed by atoms with van der Waals surface area (Å²) in [6, 6.07) is 8.12. The van der Waals surface area contributed by atoms with E-state index in [0.29, 0.717) is 0 Å². The summed E-state index contributed by atoms with van der Waals surface area (Å²) in [6.45, 7) is 0.938. The lowest BCUT2D eigenvalue weighted by molar-refractivity contribution is 0.289. The van der Waals surface area contributed by atoms with Crippen LogP contribution in [-0.4, -0.2) is 24.5 Å². The van der Waals surface area contributed by atoms with E-state index in [2.05, 4.69) is 11.2 Å². The molecule has 0 aliphatic carbocycles. The first-order valence-electron chi connectivity index (χ1n) is 5.10. The van der Waals surface area contributed by atoms with E-state index < -0.39 is 0 Å². The Bertz CT molecular complexity index is 385. The second-order valence-corrected chi connectivity index (χ2v) is 3.38. The quantitative estimate of drug-likeness (QED) is 0.812. The van der Waals surface area contributed by atoms with Gasteiger partial charge in [-0.1, -0.05) is 24.3 Å². The Kier molecular flexibility index (Phi) is 3.15. The Morgan fingerprint density at radius 3 is 3.00 bits per heavy atom. The highest BCUT2D eigenvalue weighted by molar-refractivity contribution is 5.84. The molecule has 0 spiro atoms. The van der Waals surface area contributed by atoms with Crippen LogP contribution in [0.3, 0.4) is 0 Å². The van der Waals surface area contributed by atoms with Gasteiger partial charge in [-0.05, 0) is 24.1 Å². The fraction of sp³-hybridized carbons (Fsp3) is 0.250. The predicted octanol–water partition coefficient (Wildman–Crippen LogP) is 1.89. The fourth-order valence-electron chi connectivity index (χ4n) is 1.59. The summed E-state index contributed by atoms with van der Waals surface area (Å²) < 4.78 is 0. The number of hydrazone groups is 1. The van der Waals surface area contributed by atoms with Crippen LogP contribution in [0.25, 0.3) is 6.08 Å². The molecule has 0 amide bonds. The molecular formula is C12H14N2O. The number of rotatable bonds is 3. The molecule has 0 saturated heterocycles. The smallest absolute Gasteiger partial charge is 0.0666 e. The Labute approximate surface area is 89.3 Å². The lowest BCUT2D eigenvalue weighted by atomic mass is 10.1. The summed E-state index contributed by atoms with van der Waals surface area (Å²) in [5.74, 6) is 0. The number of fused-ring (bicyclic) bond motifs is 1. The van der Waals surface area contributed by atoms with E-state index in [9.17, 15) is 0 Å². The number of hydrogen-bond donors (Lipinski definition) is 1. The van der Waals surface area contributed by atoms with Crippen molar-refractivity contribution in [1.29, 1.82) is 0 Å². The number of allylic oxidation sites excluding steroid dienone is 1. The standard InChI is InChI=1S/C12H14N2O/c15-10-4-9-14-12-7-2-1-5-11(12)6-3-8-13-14/h1-3,5-8,15H,4,9-10H2. The van der Waals surface area contributed by atoms with E-state index in [1.54, 1.807) is 6.21 Å². The molecule has 0 atom stereocenters. The molecule has 3 heteroatoms. The van der Waals surface area contributed by atoms with E-state index in [1.807, 2.05) is 35.4 Å². The molecule has 15 heavy (non-hydrogen) atoms. The van der Waals surface area contributed by atoms with Gasteiger partial charge in [-0.2, -0.15) is 5.10 Å². The highest BCUT2D eigenvalue weighted by atomic mass is 16.3. The van der Waals surface area contributed by atoms with Gasteiger partial charge in [-0.15, -0.1) is 0 Å². The molecule has 1 heterocycles. The second kappa shape index (κ2) is 4.75. The van der Waals surface area contributed by atoms with Gasteiger partial charge < -0.3 is 5.11 Å². The number of nitrogens with zero attached hydrogens (tertiary/aromatic N) is 2. The first kappa shape index (κ1) is 9.93. The number of aliphatic hydroxyl groups is 1. The third kappa shape index (κ3) is 2.25. The number of para-hydroxylation sites is 1. The van der Waals surface area contributed by atoms with Crippen molar-refractivity contribution < 1.29 is 5.11 Å². The summed E-state index contributed by atoms with van der Waals surface area (Å²) >= 11 is 0. The van der Waals surface area contributed by atoms with Gasteiger partial charge in [0.25, 0.3) is 0 Å². The van der Waals surface area contributed by atoms with E-state index in [-0.39, 0.29) is 6.61 Å².